The fraction of sp³-hybridized carbons (Fsp3) is 0. The van der Waals surface area contributed by atoms with Crippen molar-refractivity contribution in [3.63, 3.8) is 0 Å². The van der Waals surface area contributed by atoms with Crippen molar-refractivity contribution in [3.8, 4) is 23.5 Å². The Morgan fingerprint density at radius 1 is 1.00 bits per heavy atom. The van der Waals surface area contributed by atoms with Gasteiger partial charge in [0.05, 0.1) is 5.27 Å². The summed E-state index contributed by atoms with van der Waals surface area (Å²) in [5, 5.41) is 15.5. The minimum atomic E-state index is -0.554. The zero-order valence-corrected chi connectivity index (χ0v) is 12.4. The lowest BCUT2D eigenvalue weighted by atomic mass is 10.2. The molecule has 0 atom stereocenters. The SMILES string of the molecule is [O-]c1on[n+](-c2ccc(Br)cc2)c1C#Cc1ccccc1. The molecule has 0 saturated heterocycles. The van der Waals surface area contributed by atoms with Crippen LogP contribution in [0.1, 0.15) is 11.3 Å². The molecule has 0 bridgehead atoms. The summed E-state index contributed by atoms with van der Waals surface area (Å²) in [7, 11) is 0. The summed E-state index contributed by atoms with van der Waals surface area (Å²) >= 11 is 3.36. The van der Waals surface area contributed by atoms with Crippen LogP contribution in [0, 0.1) is 11.8 Å². The first-order valence-corrected chi connectivity index (χ1v) is 6.95. The normalized spacial score (nSPS) is 9.95. The van der Waals surface area contributed by atoms with Gasteiger partial charge in [0.2, 0.25) is 5.69 Å². The fourth-order valence-electron chi connectivity index (χ4n) is 1.76. The Morgan fingerprint density at radius 3 is 2.43 bits per heavy atom. The van der Waals surface area contributed by atoms with Crippen LogP contribution in [0.25, 0.3) is 5.69 Å². The summed E-state index contributed by atoms with van der Waals surface area (Å²) in [6.07, 6.45) is 0. The summed E-state index contributed by atoms with van der Waals surface area (Å²) in [4.78, 5) is 0. The molecular weight excluding hydrogens is 332 g/mol. The maximum Gasteiger partial charge on any atom is 0.314 e. The summed E-state index contributed by atoms with van der Waals surface area (Å²) in [5.41, 5.74) is 1.73. The van der Waals surface area contributed by atoms with Gasteiger partial charge in [-0.15, -0.1) is 0 Å². The second-order valence-electron chi connectivity index (χ2n) is 4.21. The lowest BCUT2D eigenvalue weighted by Gasteiger charge is -1.92. The Bertz CT molecular complexity index is 815. The fourth-order valence-corrected chi connectivity index (χ4v) is 2.03. The minimum Gasteiger partial charge on any atom is -0.538 e. The summed E-state index contributed by atoms with van der Waals surface area (Å²) in [6, 6.07) is 16.8. The zero-order valence-electron chi connectivity index (χ0n) is 10.8. The van der Waals surface area contributed by atoms with Crippen LogP contribution in [0.15, 0.2) is 63.6 Å². The van der Waals surface area contributed by atoms with Gasteiger partial charge in [-0.2, -0.15) is 0 Å². The molecule has 0 spiro atoms. The maximum atomic E-state index is 11.7. The molecule has 0 unspecified atom stereocenters. The van der Waals surface area contributed by atoms with Crippen molar-refractivity contribution in [2.24, 2.45) is 0 Å². The molecule has 1 aromatic heterocycles. The summed E-state index contributed by atoms with van der Waals surface area (Å²) < 4.78 is 7.04. The summed E-state index contributed by atoms with van der Waals surface area (Å²) in [6.45, 7) is 0. The predicted octanol–water partition coefficient (Wildman–Crippen LogP) is 2.19. The number of hydrogen-bond donors (Lipinski definition) is 0. The lowest BCUT2D eigenvalue weighted by molar-refractivity contribution is -0.672. The molecule has 1 heterocycles. The third-order valence-electron chi connectivity index (χ3n) is 2.78. The van der Waals surface area contributed by atoms with E-state index in [1.54, 1.807) is 0 Å². The van der Waals surface area contributed by atoms with Gasteiger partial charge in [0.15, 0.2) is 5.95 Å². The Kier molecular flexibility index (Phi) is 3.71. The third-order valence-corrected chi connectivity index (χ3v) is 3.31. The number of hydrogen-bond acceptors (Lipinski definition) is 3. The Balaban J connectivity index is 2.02. The first-order chi connectivity index (χ1) is 10.2. The average molecular weight is 341 g/mol. The zero-order chi connectivity index (χ0) is 14.7. The molecule has 0 aliphatic heterocycles. The molecule has 3 rings (SSSR count). The highest BCUT2D eigenvalue weighted by atomic mass is 79.9. The lowest BCUT2D eigenvalue weighted by Crippen LogP contribution is -2.35. The van der Waals surface area contributed by atoms with Crippen molar-refractivity contribution in [1.29, 1.82) is 0 Å². The van der Waals surface area contributed by atoms with Gasteiger partial charge in [-0.1, -0.05) is 40.0 Å². The number of nitrogens with zero attached hydrogens (tertiary/aromatic N) is 2. The molecule has 3 aromatic rings. The Labute approximate surface area is 129 Å². The van der Waals surface area contributed by atoms with Crippen molar-refractivity contribution in [1.82, 2.24) is 5.27 Å². The highest BCUT2D eigenvalue weighted by Gasteiger charge is 2.18. The minimum absolute atomic E-state index is 0.196. The molecule has 0 aliphatic carbocycles. The van der Waals surface area contributed by atoms with Gasteiger partial charge in [-0.05, 0) is 28.9 Å². The van der Waals surface area contributed by atoms with Crippen molar-refractivity contribution < 1.29 is 14.3 Å². The van der Waals surface area contributed by atoms with E-state index in [9.17, 15) is 5.11 Å². The van der Waals surface area contributed by atoms with E-state index in [0.29, 0.717) is 5.69 Å². The van der Waals surface area contributed by atoms with Crippen molar-refractivity contribution >= 4 is 15.9 Å². The largest absolute Gasteiger partial charge is 0.538 e. The molecule has 2 aromatic carbocycles. The van der Waals surface area contributed by atoms with Gasteiger partial charge >= 0.3 is 5.69 Å². The van der Waals surface area contributed by atoms with Crippen molar-refractivity contribution in [3.05, 3.63) is 70.3 Å². The quantitative estimate of drug-likeness (QED) is 0.504. The molecular formula is C16H9BrN2O2. The van der Waals surface area contributed by atoms with Gasteiger partial charge in [0, 0.05) is 28.1 Å². The van der Waals surface area contributed by atoms with E-state index in [0.717, 1.165) is 10.0 Å². The van der Waals surface area contributed by atoms with E-state index in [1.807, 2.05) is 54.6 Å². The highest BCUT2D eigenvalue weighted by Crippen LogP contribution is 2.13. The molecule has 0 fully saturated rings. The maximum absolute atomic E-state index is 11.7. The smallest absolute Gasteiger partial charge is 0.314 e. The monoisotopic (exact) mass is 340 g/mol. The van der Waals surface area contributed by atoms with Crippen LogP contribution >= 0.6 is 15.9 Å². The van der Waals surface area contributed by atoms with Crippen LogP contribution in [-0.2, 0) is 0 Å². The van der Waals surface area contributed by atoms with E-state index in [2.05, 4.69) is 33.0 Å². The number of halogens is 1. The van der Waals surface area contributed by atoms with E-state index in [4.69, 9.17) is 4.52 Å². The van der Waals surface area contributed by atoms with Crippen molar-refractivity contribution in [2.45, 2.75) is 0 Å². The molecule has 0 amide bonds. The molecule has 21 heavy (non-hydrogen) atoms. The van der Waals surface area contributed by atoms with E-state index < -0.39 is 5.95 Å². The number of benzene rings is 2. The second kappa shape index (κ2) is 5.81. The average Bonchev–Trinajstić information content (AvgIpc) is 2.88. The van der Waals surface area contributed by atoms with Gasteiger partial charge in [-0.25, -0.2) is 0 Å². The van der Waals surface area contributed by atoms with Crippen LogP contribution in [0.3, 0.4) is 0 Å². The molecule has 0 radical (unpaired) electrons. The van der Waals surface area contributed by atoms with Crippen LogP contribution in [0.2, 0.25) is 0 Å². The topological polar surface area (TPSA) is 53.0 Å². The van der Waals surface area contributed by atoms with Gasteiger partial charge in [-0.3, -0.25) is 0 Å². The van der Waals surface area contributed by atoms with Gasteiger partial charge in [0.25, 0.3) is 0 Å². The Hall–Kier alpha value is -2.58. The number of rotatable bonds is 1. The molecule has 4 nitrogen and oxygen atoms in total. The predicted molar refractivity (Wildman–Crippen MR) is 77.6 cm³/mol. The third kappa shape index (κ3) is 2.96. The van der Waals surface area contributed by atoms with Crippen LogP contribution < -0.4 is 9.79 Å². The molecule has 0 N–H and O–H groups in total. The first kappa shape index (κ1) is 13.4. The first-order valence-electron chi connectivity index (χ1n) is 6.16. The summed E-state index contributed by atoms with van der Waals surface area (Å²) in [5.74, 6) is 5.20. The van der Waals surface area contributed by atoms with E-state index in [-0.39, 0.29) is 5.69 Å². The van der Waals surface area contributed by atoms with Crippen LogP contribution in [0.5, 0.6) is 5.95 Å². The van der Waals surface area contributed by atoms with Crippen LogP contribution in [-0.4, -0.2) is 5.27 Å². The van der Waals surface area contributed by atoms with Gasteiger partial charge < -0.3 is 9.63 Å². The molecule has 5 heteroatoms. The molecule has 102 valence electrons. The number of aromatic nitrogens is 2. The highest BCUT2D eigenvalue weighted by molar-refractivity contribution is 9.10. The van der Waals surface area contributed by atoms with Crippen LogP contribution in [0.4, 0.5) is 0 Å². The van der Waals surface area contributed by atoms with E-state index in [1.165, 1.54) is 4.68 Å². The second-order valence-corrected chi connectivity index (χ2v) is 5.13. The molecule has 0 saturated carbocycles. The molecule has 0 aliphatic rings. The Morgan fingerprint density at radius 2 is 1.71 bits per heavy atom. The van der Waals surface area contributed by atoms with Crippen molar-refractivity contribution in [2.75, 3.05) is 0 Å². The van der Waals surface area contributed by atoms with Gasteiger partial charge in [0.1, 0.15) is 0 Å². The standard InChI is InChI=1S/C16H9BrN2O2/c17-13-7-9-14(10-8-13)19-15(16(20)21-18-19)11-6-12-4-2-1-3-5-12/h1-5,7-10H. The van der Waals surface area contributed by atoms with E-state index >= 15 is 0 Å².